The van der Waals surface area contributed by atoms with E-state index in [0.717, 1.165) is 6.08 Å². The lowest BCUT2D eigenvalue weighted by Gasteiger charge is -2.09. The average Bonchev–Trinajstić information content (AvgIpc) is 3.27. The van der Waals surface area contributed by atoms with Gasteiger partial charge in [-0.15, -0.1) is 0 Å². The predicted molar refractivity (Wildman–Crippen MR) is 123 cm³/mol. The summed E-state index contributed by atoms with van der Waals surface area (Å²) in [5.41, 5.74) is 0.541. The molecule has 0 aliphatic rings. The molecule has 0 radical (unpaired) electrons. The zero-order valence-corrected chi connectivity index (χ0v) is 20.5. The molecule has 0 fully saturated rings. The second-order valence-electron chi connectivity index (χ2n) is 6.90. The molecule has 0 aliphatic carbocycles. The number of nitrogens with zero attached hydrogens (tertiary/aromatic N) is 2. The van der Waals surface area contributed by atoms with Gasteiger partial charge in [-0.2, -0.15) is 0 Å². The van der Waals surface area contributed by atoms with Gasteiger partial charge in [-0.3, -0.25) is 4.63 Å². The van der Waals surface area contributed by atoms with Gasteiger partial charge in [0.25, 0.3) is 9.84 Å². The number of rotatable bonds is 11. The topological polar surface area (TPSA) is 167 Å². The number of sulfone groups is 1. The summed E-state index contributed by atoms with van der Waals surface area (Å²) in [7, 11) is -2.88. The largest absolute Gasteiger partial charge is 0.513 e. The van der Waals surface area contributed by atoms with Crippen LogP contribution in [0.4, 0.5) is 4.79 Å². The third kappa shape index (κ3) is 6.98. The van der Waals surface area contributed by atoms with Gasteiger partial charge in [0.05, 0.1) is 23.8 Å². The highest BCUT2D eigenvalue weighted by molar-refractivity contribution is 7.91. The molecule has 2 aromatic carbocycles. The summed E-state index contributed by atoms with van der Waals surface area (Å²) in [6.07, 6.45) is 1.69. The molecule has 13 nitrogen and oxygen atoms in total. The molecular formula is C23H22N2O11S. The Bertz CT molecular complexity index is 1370. The Morgan fingerprint density at radius 3 is 2.54 bits per heavy atom. The van der Waals surface area contributed by atoms with Gasteiger partial charge in [0.1, 0.15) is 13.2 Å². The van der Waals surface area contributed by atoms with Crippen molar-refractivity contribution in [1.82, 2.24) is 5.16 Å². The fraction of sp³-hybridized carbons (Fsp3) is 0.217. The first-order chi connectivity index (χ1) is 17.8. The van der Waals surface area contributed by atoms with Crippen LogP contribution in [0.15, 0.2) is 69.2 Å². The van der Waals surface area contributed by atoms with Gasteiger partial charge in [0.15, 0.2) is 11.5 Å². The van der Waals surface area contributed by atoms with E-state index in [1.54, 1.807) is 19.1 Å². The van der Waals surface area contributed by atoms with Crippen LogP contribution in [0.3, 0.4) is 0 Å². The summed E-state index contributed by atoms with van der Waals surface area (Å²) in [5.74, 6) is -0.923. The molecule has 0 atom stereocenters. The minimum Gasteiger partial charge on any atom is -0.493 e. The Morgan fingerprint density at radius 1 is 1.08 bits per heavy atom. The zero-order valence-electron chi connectivity index (χ0n) is 19.7. The van der Waals surface area contributed by atoms with E-state index in [1.807, 2.05) is 0 Å². The summed E-state index contributed by atoms with van der Waals surface area (Å²) < 4.78 is 54.9. The first kappa shape index (κ1) is 27.0. The van der Waals surface area contributed by atoms with Gasteiger partial charge in [-0.1, -0.05) is 24.3 Å². The van der Waals surface area contributed by atoms with Crippen LogP contribution in [0.1, 0.15) is 12.5 Å². The van der Waals surface area contributed by atoms with Crippen molar-refractivity contribution < 1.29 is 51.2 Å². The number of benzene rings is 2. The van der Waals surface area contributed by atoms with Crippen LogP contribution in [0.2, 0.25) is 0 Å². The number of hydrogen-bond donors (Lipinski definition) is 0. The van der Waals surface area contributed by atoms with Crippen LogP contribution in [-0.2, 0) is 24.1 Å². The van der Waals surface area contributed by atoms with Gasteiger partial charge in [0.2, 0.25) is 0 Å². The van der Waals surface area contributed by atoms with E-state index in [4.69, 9.17) is 23.7 Å². The minimum atomic E-state index is -4.26. The highest BCUT2D eigenvalue weighted by Gasteiger charge is 2.35. The van der Waals surface area contributed by atoms with Crippen molar-refractivity contribution in [1.29, 1.82) is 0 Å². The summed E-state index contributed by atoms with van der Waals surface area (Å²) in [6.45, 7) is 1.20. The molecule has 3 aromatic rings. The van der Waals surface area contributed by atoms with Crippen LogP contribution in [-0.4, -0.2) is 52.6 Å². The molecule has 1 aromatic heterocycles. The van der Waals surface area contributed by atoms with Crippen molar-refractivity contribution in [3.05, 3.63) is 65.4 Å². The van der Waals surface area contributed by atoms with Crippen molar-refractivity contribution in [2.24, 2.45) is 0 Å². The van der Waals surface area contributed by atoms with Crippen molar-refractivity contribution in [2.75, 3.05) is 26.9 Å². The second-order valence-corrected chi connectivity index (χ2v) is 8.77. The van der Waals surface area contributed by atoms with E-state index >= 15 is 0 Å². The van der Waals surface area contributed by atoms with Crippen molar-refractivity contribution in [3.8, 4) is 17.4 Å². The number of esters is 1. The Balaban J connectivity index is 1.55. The van der Waals surface area contributed by atoms with E-state index in [9.17, 15) is 23.2 Å². The Morgan fingerprint density at radius 2 is 1.84 bits per heavy atom. The number of hydrogen-bond acceptors (Lipinski definition) is 12. The van der Waals surface area contributed by atoms with E-state index < -0.39 is 32.9 Å². The monoisotopic (exact) mass is 534 g/mol. The van der Waals surface area contributed by atoms with Crippen molar-refractivity contribution in [3.63, 3.8) is 0 Å². The third-order valence-electron chi connectivity index (χ3n) is 4.48. The fourth-order valence-corrected chi connectivity index (χ4v) is 4.14. The van der Waals surface area contributed by atoms with Gasteiger partial charge in [-0.25, -0.2) is 18.0 Å². The Hall–Kier alpha value is -4.59. The number of ether oxygens (including phenoxy) is 5. The zero-order chi connectivity index (χ0) is 26.8. The van der Waals surface area contributed by atoms with Crippen LogP contribution >= 0.6 is 0 Å². The fourth-order valence-electron chi connectivity index (χ4n) is 2.84. The lowest BCUT2D eigenvalue weighted by Crippen LogP contribution is -2.31. The first-order valence-corrected chi connectivity index (χ1v) is 12.1. The van der Waals surface area contributed by atoms with E-state index in [-0.39, 0.29) is 41.1 Å². The minimum absolute atomic E-state index is 0.138. The van der Waals surface area contributed by atoms with E-state index in [0.29, 0.717) is 5.56 Å². The summed E-state index contributed by atoms with van der Waals surface area (Å²) >= 11 is 0. The van der Waals surface area contributed by atoms with E-state index in [2.05, 4.69) is 9.79 Å². The maximum absolute atomic E-state index is 12.7. The predicted octanol–water partition coefficient (Wildman–Crippen LogP) is 2.32. The number of aromatic nitrogens is 2. The molecule has 0 spiro atoms. The smallest absolute Gasteiger partial charge is 0.493 e. The first-order valence-electron chi connectivity index (χ1n) is 10.7. The van der Waals surface area contributed by atoms with Gasteiger partial charge < -0.3 is 28.9 Å². The molecule has 3 rings (SSSR count). The SMILES string of the molecule is CCOC(=O)Oc1ccc(/C=C/C(=O)OCCOc2no[n+]([O-])c2S(=O)(=O)c2ccccc2)cc1OC. The average molecular weight is 534 g/mol. The molecule has 196 valence electrons. The van der Waals surface area contributed by atoms with Gasteiger partial charge in [0, 0.05) is 6.08 Å². The van der Waals surface area contributed by atoms with Crippen molar-refractivity contribution in [2.45, 2.75) is 16.8 Å². The summed E-state index contributed by atoms with van der Waals surface area (Å²) in [6, 6.07) is 11.8. The summed E-state index contributed by atoms with van der Waals surface area (Å²) in [4.78, 5) is 23.1. The highest BCUT2D eigenvalue weighted by Crippen LogP contribution is 2.29. The van der Waals surface area contributed by atoms with Gasteiger partial charge >= 0.3 is 23.0 Å². The van der Waals surface area contributed by atoms with Crippen LogP contribution in [0.5, 0.6) is 17.4 Å². The van der Waals surface area contributed by atoms with Crippen LogP contribution in [0.25, 0.3) is 6.08 Å². The number of methoxy groups -OCH3 is 1. The van der Waals surface area contributed by atoms with Crippen LogP contribution < -0.4 is 19.1 Å². The molecular weight excluding hydrogens is 512 g/mol. The molecule has 0 saturated carbocycles. The molecule has 0 N–H and O–H groups in total. The maximum Gasteiger partial charge on any atom is 0.513 e. The molecule has 0 bridgehead atoms. The quantitative estimate of drug-likeness (QED) is 0.116. The maximum atomic E-state index is 12.7. The normalized spacial score (nSPS) is 11.2. The molecule has 14 heteroatoms. The lowest BCUT2D eigenvalue weighted by molar-refractivity contribution is -0.832. The Kier molecular flexibility index (Phi) is 9.05. The molecule has 37 heavy (non-hydrogen) atoms. The highest BCUT2D eigenvalue weighted by atomic mass is 32.2. The van der Waals surface area contributed by atoms with Crippen LogP contribution in [0, 0.1) is 5.21 Å². The molecule has 1 heterocycles. The number of carbonyl (C=O) groups is 2. The standard InChI is InChI=1S/C23H22N2O11S/c1-3-32-23(27)35-18-11-9-16(15-19(18)31-2)10-12-20(26)33-13-14-34-21-22(25(28)36-24-21)37(29,30)17-7-5-4-6-8-17/h4-12,15H,3,13-14H2,1-2H3/b12-10+. The lowest BCUT2D eigenvalue weighted by atomic mass is 10.2. The molecule has 0 saturated heterocycles. The molecule has 0 aliphatic heterocycles. The Labute approximate surface area is 211 Å². The molecule has 0 amide bonds. The number of carbonyl (C=O) groups excluding carboxylic acids is 2. The summed E-state index contributed by atoms with van der Waals surface area (Å²) in [5, 5.41) is 14.4. The third-order valence-corrected chi connectivity index (χ3v) is 6.20. The second kappa shape index (κ2) is 12.4. The van der Waals surface area contributed by atoms with Gasteiger partial charge in [-0.05, 0) is 47.7 Å². The molecule has 0 unspecified atom stereocenters. The van der Waals surface area contributed by atoms with E-state index in [1.165, 1.54) is 49.6 Å². The van der Waals surface area contributed by atoms with Crippen molar-refractivity contribution >= 4 is 28.0 Å².